The van der Waals surface area contributed by atoms with Crippen LogP contribution in [0.2, 0.25) is 0 Å². The van der Waals surface area contributed by atoms with Crippen LogP contribution in [0.1, 0.15) is 40.7 Å². The number of halogens is 3. The molecule has 3 aromatic carbocycles. The predicted molar refractivity (Wildman–Crippen MR) is 126 cm³/mol. The molecule has 1 aliphatic carbocycles. The number of fused-ring (bicyclic) bond motifs is 3. The number of aromatic nitrogens is 1. The zero-order valence-electron chi connectivity index (χ0n) is 18.7. The van der Waals surface area contributed by atoms with E-state index in [1.165, 1.54) is 12.1 Å². The molecule has 0 unspecified atom stereocenters. The fraction of sp³-hybridized carbons (Fsp3) is 0.296. The number of nitrogens with zero attached hydrogens (tertiary/aromatic N) is 1. The molecule has 1 atom stereocenters. The normalized spacial score (nSPS) is 15.4. The van der Waals surface area contributed by atoms with Gasteiger partial charge in [-0.3, -0.25) is 4.79 Å². The van der Waals surface area contributed by atoms with Gasteiger partial charge in [-0.15, -0.1) is 0 Å². The molecule has 176 valence electrons. The van der Waals surface area contributed by atoms with Gasteiger partial charge in [0.2, 0.25) is 0 Å². The molecule has 1 aliphatic rings. The SMILES string of the molecule is Cc1ccc2c(c1)c1cc(C(=O)N[C@@H](CO)C3CCC3)ccc1n2-c1ccc(C(F)(F)F)cc1. The minimum atomic E-state index is -4.40. The second-order valence-electron chi connectivity index (χ2n) is 9.09. The molecule has 1 heterocycles. The molecule has 1 aromatic heterocycles. The molecule has 4 aromatic rings. The molecule has 1 amide bonds. The number of hydrogen-bond acceptors (Lipinski definition) is 2. The van der Waals surface area contributed by atoms with E-state index in [0.717, 1.165) is 58.8 Å². The average molecular weight is 467 g/mol. The van der Waals surface area contributed by atoms with Crippen molar-refractivity contribution in [1.29, 1.82) is 0 Å². The maximum absolute atomic E-state index is 13.1. The maximum atomic E-state index is 13.1. The number of aliphatic hydroxyl groups is 1. The van der Waals surface area contributed by atoms with Gasteiger partial charge in [0, 0.05) is 22.0 Å². The highest BCUT2D eigenvalue weighted by Crippen LogP contribution is 2.35. The summed E-state index contributed by atoms with van der Waals surface area (Å²) in [7, 11) is 0. The largest absolute Gasteiger partial charge is 0.416 e. The van der Waals surface area contributed by atoms with Crippen molar-refractivity contribution < 1.29 is 23.1 Å². The highest BCUT2D eigenvalue weighted by Gasteiger charge is 2.30. The van der Waals surface area contributed by atoms with Crippen molar-refractivity contribution in [2.45, 2.75) is 38.4 Å². The predicted octanol–water partition coefficient (Wildman–Crippen LogP) is 6.00. The summed E-state index contributed by atoms with van der Waals surface area (Å²) in [4.78, 5) is 13.0. The van der Waals surface area contributed by atoms with Gasteiger partial charge >= 0.3 is 6.18 Å². The Hall–Kier alpha value is -3.32. The van der Waals surface area contributed by atoms with Crippen LogP contribution in [0.4, 0.5) is 13.2 Å². The molecule has 1 fully saturated rings. The lowest BCUT2D eigenvalue weighted by Gasteiger charge is -2.33. The van der Waals surface area contributed by atoms with E-state index < -0.39 is 11.7 Å². The van der Waals surface area contributed by atoms with Gasteiger partial charge in [-0.05, 0) is 80.3 Å². The molecule has 4 nitrogen and oxygen atoms in total. The number of aliphatic hydroxyl groups excluding tert-OH is 1. The van der Waals surface area contributed by atoms with Crippen molar-refractivity contribution in [1.82, 2.24) is 9.88 Å². The summed E-state index contributed by atoms with van der Waals surface area (Å²) >= 11 is 0. The second-order valence-corrected chi connectivity index (χ2v) is 9.09. The molecule has 0 saturated heterocycles. The van der Waals surface area contributed by atoms with Crippen molar-refractivity contribution in [3.05, 3.63) is 77.4 Å². The zero-order chi connectivity index (χ0) is 24.0. The number of hydrogen-bond donors (Lipinski definition) is 2. The number of nitrogens with one attached hydrogen (secondary N) is 1. The number of benzene rings is 3. The van der Waals surface area contributed by atoms with Crippen molar-refractivity contribution in [2.24, 2.45) is 5.92 Å². The highest BCUT2D eigenvalue weighted by atomic mass is 19.4. The van der Waals surface area contributed by atoms with Gasteiger partial charge in [0.25, 0.3) is 5.91 Å². The van der Waals surface area contributed by atoms with E-state index >= 15 is 0 Å². The first-order valence-corrected chi connectivity index (χ1v) is 11.4. The first-order valence-electron chi connectivity index (χ1n) is 11.4. The molecular weight excluding hydrogens is 441 g/mol. The Morgan fingerprint density at radius 1 is 1.03 bits per heavy atom. The Balaban J connectivity index is 1.59. The minimum absolute atomic E-state index is 0.0922. The monoisotopic (exact) mass is 466 g/mol. The third-order valence-electron chi connectivity index (χ3n) is 6.87. The molecule has 7 heteroatoms. The van der Waals surface area contributed by atoms with Gasteiger partial charge in [-0.25, -0.2) is 0 Å². The average Bonchev–Trinajstić information content (AvgIpc) is 3.09. The number of alkyl halides is 3. The van der Waals surface area contributed by atoms with Gasteiger partial charge in [-0.1, -0.05) is 18.1 Å². The topological polar surface area (TPSA) is 54.3 Å². The molecule has 5 rings (SSSR count). The number of carbonyl (C=O) groups excluding carboxylic acids is 1. The van der Waals surface area contributed by atoms with Gasteiger partial charge < -0.3 is 15.0 Å². The lowest BCUT2D eigenvalue weighted by atomic mass is 9.80. The van der Waals surface area contributed by atoms with E-state index in [4.69, 9.17) is 0 Å². The van der Waals surface area contributed by atoms with Crippen molar-refractivity contribution in [3.8, 4) is 5.69 Å². The molecule has 1 saturated carbocycles. The van der Waals surface area contributed by atoms with E-state index in [0.29, 0.717) is 17.2 Å². The zero-order valence-corrected chi connectivity index (χ0v) is 18.7. The van der Waals surface area contributed by atoms with E-state index in [2.05, 4.69) is 5.32 Å². The quantitative estimate of drug-likeness (QED) is 0.379. The van der Waals surface area contributed by atoms with Crippen molar-refractivity contribution in [3.63, 3.8) is 0 Å². The third kappa shape index (κ3) is 3.94. The highest BCUT2D eigenvalue weighted by molar-refractivity contribution is 6.11. The number of carbonyl (C=O) groups is 1. The summed E-state index contributed by atoms with van der Waals surface area (Å²) in [6.07, 6.45) is -1.27. The van der Waals surface area contributed by atoms with Gasteiger partial charge in [0.15, 0.2) is 0 Å². The summed E-state index contributed by atoms with van der Waals surface area (Å²) in [6.45, 7) is 1.88. The Kier molecular flexibility index (Phi) is 5.60. The smallest absolute Gasteiger partial charge is 0.394 e. The van der Waals surface area contributed by atoms with E-state index in [9.17, 15) is 23.1 Å². The summed E-state index contributed by atoms with van der Waals surface area (Å²) in [5, 5.41) is 14.4. The molecule has 2 N–H and O–H groups in total. The molecule has 0 radical (unpaired) electrons. The lowest BCUT2D eigenvalue weighted by molar-refractivity contribution is -0.137. The number of rotatable bonds is 5. The lowest BCUT2D eigenvalue weighted by Crippen LogP contribution is -2.45. The van der Waals surface area contributed by atoms with Gasteiger partial charge in [0.1, 0.15) is 0 Å². The Morgan fingerprint density at radius 3 is 2.26 bits per heavy atom. The molecule has 0 spiro atoms. The number of aryl methyl sites for hydroxylation is 1. The van der Waals surface area contributed by atoms with E-state index in [1.807, 2.05) is 41.8 Å². The number of amides is 1. The van der Waals surface area contributed by atoms with Crippen molar-refractivity contribution in [2.75, 3.05) is 6.61 Å². The minimum Gasteiger partial charge on any atom is -0.394 e. The molecule has 34 heavy (non-hydrogen) atoms. The third-order valence-corrected chi connectivity index (χ3v) is 6.87. The first kappa shape index (κ1) is 22.5. The van der Waals surface area contributed by atoms with Crippen molar-refractivity contribution >= 4 is 27.7 Å². The van der Waals surface area contributed by atoms with Crippen LogP contribution in [0.15, 0.2) is 60.7 Å². The van der Waals surface area contributed by atoms with Crippen LogP contribution in [0.25, 0.3) is 27.5 Å². The molecule has 0 aliphatic heterocycles. The summed E-state index contributed by atoms with van der Waals surface area (Å²) in [5.41, 5.74) is 3.09. The molecular formula is C27H25F3N2O2. The second kappa shape index (κ2) is 8.47. The Morgan fingerprint density at radius 2 is 1.68 bits per heavy atom. The summed E-state index contributed by atoms with van der Waals surface area (Å²) in [5.74, 6) is 0.0675. The van der Waals surface area contributed by atoms with E-state index in [-0.39, 0.29) is 18.6 Å². The Labute approximate surface area is 195 Å². The van der Waals surface area contributed by atoms with Crippen LogP contribution in [0, 0.1) is 12.8 Å². The Bertz CT molecular complexity index is 1370. The van der Waals surface area contributed by atoms with Gasteiger partial charge in [-0.2, -0.15) is 13.2 Å². The molecule has 0 bridgehead atoms. The fourth-order valence-corrected chi connectivity index (χ4v) is 4.76. The fourth-order valence-electron chi connectivity index (χ4n) is 4.76. The van der Waals surface area contributed by atoms with Crippen LogP contribution in [0.3, 0.4) is 0 Å². The standard InChI is InChI=1S/C27H25F3N2O2/c1-16-5-11-24-21(13-16)22-14-18(26(34)31-23(15-33)17-3-2-4-17)6-12-25(22)32(24)20-9-7-19(8-10-20)27(28,29)30/h5-14,17,23,33H,2-4,15H2,1H3,(H,31,34)/t23-/m0/s1. The van der Waals surface area contributed by atoms with Crippen LogP contribution >= 0.6 is 0 Å². The van der Waals surface area contributed by atoms with Crippen LogP contribution in [0.5, 0.6) is 0 Å². The summed E-state index contributed by atoms with van der Waals surface area (Å²) in [6, 6.07) is 16.1. The maximum Gasteiger partial charge on any atom is 0.416 e. The summed E-state index contributed by atoms with van der Waals surface area (Å²) < 4.78 is 41.1. The first-order chi connectivity index (χ1) is 16.3. The van der Waals surface area contributed by atoms with Gasteiger partial charge in [0.05, 0.1) is 29.2 Å². The van der Waals surface area contributed by atoms with Crippen LogP contribution < -0.4 is 5.32 Å². The van der Waals surface area contributed by atoms with Crippen LogP contribution in [-0.4, -0.2) is 28.2 Å². The van der Waals surface area contributed by atoms with E-state index in [1.54, 1.807) is 6.07 Å². The van der Waals surface area contributed by atoms with Crippen LogP contribution in [-0.2, 0) is 6.18 Å².